The number of rotatable bonds is 8. The maximum Gasteiger partial charge on any atom is 0.338 e. The van der Waals surface area contributed by atoms with Gasteiger partial charge < -0.3 is 15.4 Å². The molecule has 0 aliphatic carbocycles. The van der Waals surface area contributed by atoms with E-state index in [4.69, 9.17) is 4.74 Å². The first kappa shape index (κ1) is 20.6. The molecule has 0 unspecified atom stereocenters. The van der Waals surface area contributed by atoms with Crippen LogP contribution in [0.5, 0.6) is 0 Å². The van der Waals surface area contributed by atoms with Gasteiger partial charge in [-0.25, -0.2) is 4.79 Å². The average molecular weight is 385 g/mol. The van der Waals surface area contributed by atoms with Crippen molar-refractivity contribution < 1.29 is 24.0 Å². The molecule has 0 aliphatic heterocycles. The van der Waals surface area contributed by atoms with E-state index in [9.17, 15) is 24.5 Å². The van der Waals surface area contributed by atoms with Crippen molar-refractivity contribution >= 4 is 23.5 Å². The molecule has 9 heteroatoms. The molecule has 9 nitrogen and oxygen atoms in total. The Hall–Kier alpha value is -3.75. The summed E-state index contributed by atoms with van der Waals surface area (Å²) in [6.45, 7) is 1.98. The molecule has 0 spiro atoms. The molecule has 0 radical (unpaired) electrons. The Bertz CT molecular complexity index is 882. The fourth-order valence-electron chi connectivity index (χ4n) is 2.33. The van der Waals surface area contributed by atoms with E-state index in [0.29, 0.717) is 5.56 Å². The summed E-state index contributed by atoms with van der Waals surface area (Å²) in [5.41, 5.74) is -0.0371. The number of non-ortho nitro benzene ring substituents is 1. The number of hydrogen-bond donors (Lipinski definition) is 2. The molecule has 2 rings (SSSR count). The molecule has 0 saturated heterocycles. The van der Waals surface area contributed by atoms with E-state index < -0.39 is 22.5 Å². The Morgan fingerprint density at radius 2 is 1.50 bits per heavy atom. The first-order chi connectivity index (χ1) is 13.4. The lowest BCUT2D eigenvalue weighted by Gasteiger charge is -2.08. The predicted octanol–water partition coefficient (Wildman–Crippen LogP) is 1.93. The van der Waals surface area contributed by atoms with Crippen LogP contribution in [-0.4, -0.2) is 42.4 Å². The molecule has 0 fully saturated rings. The monoisotopic (exact) mass is 385 g/mol. The molecule has 146 valence electrons. The van der Waals surface area contributed by atoms with Gasteiger partial charge in [-0.05, 0) is 25.1 Å². The minimum Gasteiger partial charge on any atom is -0.462 e. The third kappa shape index (κ3) is 5.63. The molecular formula is C19H19N3O6. The lowest BCUT2D eigenvalue weighted by molar-refractivity contribution is -0.384. The minimum atomic E-state index is -0.754. The van der Waals surface area contributed by atoms with Gasteiger partial charge >= 0.3 is 5.97 Å². The van der Waals surface area contributed by atoms with Crippen LogP contribution in [0.25, 0.3) is 0 Å². The quantitative estimate of drug-likeness (QED) is 0.309. The van der Waals surface area contributed by atoms with Crippen LogP contribution < -0.4 is 10.6 Å². The van der Waals surface area contributed by atoms with Gasteiger partial charge in [-0.2, -0.15) is 0 Å². The van der Waals surface area contributed by atoms with Gasteiger partial charge in [0.05, 0.1) is 17.1 Å². The van der Waals surface area contributed by atoms with Crippen LogP contribution in [0.4, 0.5) is 5.69 Å². The highest BCUT2D eigenvalue weighted by Crippen LogP contribution is 2.18. The number of carbonyl (C=O) groups is 3. The highest BCUT2D eigenvalue weighted by molar-refractivity contribution is 5.99. The second-order valence-electron chi connectivity index (χ2n) is 5.62. The number of nitro groups is 1. The fraction of sp³-hybridized carbons (Fsp3) is 0.211. The van der Waals surface area contributed by atoms with E-state index >= 15 is 0 Å². The zero-order valence-electron chi connectivity index (χ0n) is 15.1. The number of esters is 1. The molecule has 0 aliphatic rings. The van der Waals surface area contributed by atoms with Crippen molar-refractivity contribution in [2.45, 2.75) is 6.92 Å². The molecule has 0 heterocycles. The maximum atomic E-state index is 12.3. The van der Waals surface area contributed by atoms with Crippen LogP contribution in [0, 0.1) is 10.1 Å². The molecule has 2 aromatic rings. The van der Waals surface area contributed by atoms with E-state index in [-0.39, 0.29) is 36.7 Å². The number of hydrogen-bond acceptors (Lipinski definition) is 6. The summed E-state index contributed by atoms with van der Waals surface area (Å²) in [7, 11) is 0. The third-order valence-electron chi connectivity index (χ3n) is 3.63. The van der Waals surface area contributed by atoms with E-state index in [1.807, 2.05) is 0 Å². The zero-order chi connectivity index (χ0) is 20.5. The summed E-state index contributed by atoms with van der Waals surface area (Å²) < 4.78 is 4.82. The van der Waals surface area contributed by atoms with Crippen molar-refractivity contribution in [3.63, 3.8) is 0 Å². The number of amides is 2. The standard InChI is InChI=1S/C19H19N3O6/c1-2-28-19(25)15-10-14(11-16(12-15)22(26)27)18(24)21-9-8-20-17(23)13-6-4-3-5-7-13/h3-7,10-12H,2,8-9H2,1H3,(H,20,23)(H,21,24). The van der Waals surface area contributed by atoms with Crippen molar-refractivity contribution in [1.29, 1.82) is 0 Å². The van der Waals surface area contributed by atoms with Crippen LogP contribution in [-0.2, 0) is 4.74 Å². The third-order valence-corrected chi connectivity index (χ3v) is 3.63. The van der Waals surface area contributed by atoms with Crippen LogP contribution in [0.15, 0.2) is 48.5 Å². The van der Waals surface area contributed by atoms with Gasteiger partial charge in [0.1, 0.15) is 0 Å². The molecule has 0 saturated carbocycles. The molecule has 28 heavy (non-hydrogen) atoms. The van der Waals surface area contributed by atoms with Crippen molar-refractivity contribution in [2.24, 2.45) is 0 Å². The van der Waals surface area contributed by atoms with Crippen molar-refractivity contribution in [3.8, 4) is 0 Å². The zero-order valence-corrected chi connectivity index (χ0v) is 15.1. The van der Waals surface area contributed by atoms with E-state index in [2.05, 4.69) is 10.6 Å². The van der Waals surface area contributed by atoms with Gasteiger partial charge in [0.2, 0.25) is 0 Å². The topological polar surface area (TPSA) is 128 Å². The van der Waals surface area contributed by atoms with Gasteiger partial charge in [-0.1, -0.05) is 18.2 Å². The van der Waals surface area contributed by atoms with E-state index in [1.54, 1.807) is 37.3 Å². The molecular weight excluding hydrogens is 366 g/mol. The lowest BCUT2D eigenvalue weighted by Crippen LogP contribution is -2.34. The highest BCUT2D eigenvalue weighted by Gasteiger charge is 2.18. The van der Waals surface area contributed by atoms with Crippen LogP contribution in [0.1, 0.15) is 38.0 Å². The largest absolute Gasteiger partial charge is 0.462 e. The number of benzene rings is 2. The SMILES string of the molecule is CCOC(=O)c1cc(C(=O)NCCNC(=O)c2ccccc2)cc([N+](=O)[O-])c1. The van der Waals surface area contributed by atoms with Crippen molar-refractivity contribution in [2.75, 3.05) is 19.7 Å². The summed E-state index contributed by atoms with van der Waals surface area (Å²) in [5, 5.41) is 16.2. The van der Waals surface area contributed by atoms with Crippen molar-refractivity contribution in [3.05, 3.63) is 75.3 Å². The Morgan fingerprint density at radius 3 is 2.07 bits per heavy atom. The second-order valence-corrected chi connectivity index (χ2v) is 5.62. The number of carbonyl (C=O) groups excluding carboxylic acids is 3. The number of ether oxygens (including phenoxy) is 1. The molecule has 0 atom stereocenters. The number of nitrogens with one attached hydrogen (secondary N) is 2. The van der Waals surface area contributed by atoms with Crippen molar-refractivity contribution in [1.82, 2.24) is 10.6 Å². The summed E-state index contributed by atoms with van der Waals surface area (Å²) in [6.07, 6.45) is 0. The predicted molar refractivity (Wildman–Crippen MR) is 100 cm³/mol. The Kier molecular flexibility index (Phi) is 7.21. The average Bonchev–Trinajstić information content (AvgIpc) is 2.71. The number of nitro benzene ring substituents is 1. The Morgan fingerprint density at radius 1 is 0.929 bits per heavy atom. The maximum absolute atomic E-state index is 12.3. The summed E-state index contributed by atoms with van der Waals surface area (Å²) >= 11 is 0. The second kappa shape index (κ2) is 9.81. The van der Waals surface area contributed by atoms with E-state index in [0.717, 1.165) is 12.1 Å². The van der Waals surface area contributed by atoms with Crippen LogP contribution in [0.2, 0.25) is 0 Å². The molecule has 0 bridgehead atoms. The Balaban J connectivity index is 1.98. The van der Waals surface area contributed by atoms with E-state index in [1.165, 1.54) is 6.07 Å². The molecule has 2 aromatic carbocycles. The van der Waals surface area contributed by atoms with Crippen LogP contribution >= 0.6 is 0 Å². The molecule has 2 N–H and O–H groups in total. The fourth-order valence-corrected chi connectivity index (χ4v) is 2.33. The lowest BCUT2D eigenvalue weighted by atomic mass is 10.1. The van der Waals surface area contributed by atoms with Crippen LogP contribution in [0.3, 0.4) is 0 Å². The van der Waals surface area contributed by atoms with Gasteiger partial charge in [-0.3, -0.25) is 19.7 Å². The first-order valence-electron chi connectivity index (χ1n) is 8.50. The normalized spacial score (nSPS) is 10.0. The molecule has 0 aromatic heterocycles. The summed E-state index contributed by atoms with van der Waals surface area (Å²) in [4.78, 5) is 46.4. The van der Waals surface area contributed by atoms with Gasteiger partial charge in [-0.15, -0.1) is 0 Å². The summed E-state index contributed by atoms with van der Waals surface area (Å²) in [5.74, 6) is -1.65. The first-order valence-corrected chi connectivity index (χ1v) is 8.50. The molecule has 2 amide bonds. The highest BCUT2D eigenvalue weighted by atomic mass is 16.6. The van der Waals surface area contributed by atoms with Gasteiger partial charge in [0.15, 0.2) is 0 Å². The van der Waals surface area contributed by atoms with Gasteiger partial charge in [0, 0.05) is 36.3 Å². The van der Waals surface area contributed by atoms with Gasteiger partial charge in [0.25, 0.3) is 17.5 Å². The number of nitrogens with zero attached hydrogens (tertiary/aromatic N) is 1. The smallest absolute Gasteiger partial charge is 0.338 e. The Labute approximate surface area is 160 Å². The minimum absolute atomic E-state index is 0.0494. The summed E-state index contributed by atoms with van der Waals surface area (Å²) in [6, 6.07) is 11.9.